The lowest BCUT2D eigenvalue weighted by Crippen LogP contribution is -2.62. The van der Waals surface area contributed by atoms with Gasteiger partial charge in [-0.1, -0.05) is 6.92 Å². The van der Waals surface area contributed by atoms with E-state index in [9.17, 15) is 23.6 Å². The Hall–Kier alpha value is 0.1000. The largest absolute Gasteiger partial charge is 0.285 e. The first-order valence-corrected chi connectivity index (χ1v) is 15.7. The number of carbonyl (C=O) groups is 4. The molecular formula is C24H24Cl7F3N2O4. The first-order chi connectivity index (χ1) is 18.6. The van der Waals surface area contributed by atoms with Crippen molar-refractivity contribution in [3.63, 3.8) is 0 Å². The number of carbonyl (C=O) groups excluding carboxylic acids is 4. The maximum atomic E-state index is 15.3. The number of halogens is 10. The zero-order chi connectivity index (χ0) is 29.9. The van der Waals surface area contributed by atoms with Crippen LogP contribution < -0.4 is 0 Å². The molecule has 6 nitrogen and oxygen atoms in total. The molecule has 0 radical (unpaired) electrons. The summed E-state index contributed by atoms with van der Waals surface area (Å²) < 4.78 is 44.9. The van der Waals surface area contributed by atoms with E-state index < -0.39 is 127 Å². The van der Waals surface area contributed by atoms with Gasteiger partial charge in [0.2, 0.25) is 23.6 Å². The number of imide groups is 2. The van der Waals surface area contributed by atoms with Gasteiger partial charge in [0.05, 0.1) is 61.3 Å². The lowest BCUT2D eigenvalue weighted by atomic mass is 9.63. The van der Waals surface area contributed by atoms with Crippen molar-refractivity contribution in [3.05, 3.63) is 0 Å². The Kier molecular flexibility index (Phi) is 8.60. The Morgan fingerprint density at radius 1 is 0.525 bits per heavy atom. The molecule has 3 aliphatic carbocycles. The van der Waals surface area contributed by atoms with Crippen molar-refractivity contribution in [1.29, 1.82) is 0 Å². The summed E-state index contributed by atoms with van der Waals surface area (Å²) in [5.41, 5.74) is 0. The van der Waals surface area contributed by atoms with Crippen LogP contribution in [0, 0.1) is 41.4 Å². The molecule has 16 heteroatoms. The number of hydrogen-bond acceptors (Lipinski definition) is 4. The van der Waals surface area contributed by atoms with Crippen LogP contribution in [0.25, 0.3) is 0 Å². The summed E-state index contributed by atoms with van der Waals surface area (Å²) in [5, 5.41) is -8.69. The molecule has 0 aromatic heterocycles. The molecule has 5 aliphatic rings. The van der Waals surface area contributed by atoms with Crippen molar-refractivity contribution in [2.45, 2.75) is 69.1 Å². The molecule has 2 aliphatic heterocycles. The predicted molar refractivity (Wildman–Crippen MR) is 146 cm³/mol. The highest BCUT2D eigenvalue weighted by atomic mass is 35.5. The van der Waals surface area contributed by atoms with E-state index >= 15 is 8.78 Å². The Balaban J connectivity index is 1.50. The summed E-state index contributed by atoms with van der Waals surface area (Å²) in [5.74, 6) is -11.2. The minimum Gasteiger partial charge on any atom is -0.285 e. The van der Waals surface area contributed by atoms with Gasteiger partial charge in [-0.2, -0.15) is 0 Å². The second-order valence-electron chi connectivity index (χ2n) is 11.3. The van der Waals surface area contributed by atoms with E-state index in [1.165, 1.54) is 14.0 Å². The summed E-state index contributed by atoms with van der Waals surface area (Å²) in [6.07, 6.45) is -6.68. The van der Waals surface area contributed by atoms with Crippen molar-refractivity contribution in [3.8, 4) is 0 Å². The number of hydrogen-bond donors (Lipinski definition) is 0. The Labute approximate surface area is 263 Å². The maximum absolute atomic E-state index is 15.3. The molecule has 18 unspecified atom stereocenters. The molecule has 0 aromatic carbocycles. The summed E-state index contributed by atoms with van der Waals surface area (Å²) in [6, 6.07) is -1.99. The van der Waals surface area contributed by atoms with Crippen molar-refractivity contribution in [2.24, 2.45) is 41.4 Å². The fourth-order valence-corrected chi connectivity index (χ4v) is 10.9. The predicted octanol–water partition coefficient (Wildman–Crippen LogP) is 4.36. The van der Waals surface area contributed by atoms with Crippen LogP contribution in [0.4, 0.5) is 13.2 Å². The highest BCUT2D eigenvalue weighted by molar-refractivity contribution is 6.36. The topological polar surface area (TPSA) is 74.8 Å². The Morgan fingerprint density at radius 3 is 1.35 bits per heavy atom. The van der Waals surface area contributed by atoms with E-state index in [0.29, 0.717) is 4.90 Å². The van der Waals surface area contributed by atoms with Crippen LogP contribution in [-0.4, -0.2) is 103 Å². The van der Waals surface area contributed by atoms with E-state index in [2.05, 4.69) is 0 Å². The van der Waals surface area contributed by atoms with Gasteiger partial charge < -0.3 is 0 Å². The minimum absolute atomic E-state index is 0.435. The Morgan fingerprint density at radius 2 is 0.900 bits per heavy atom. The van der Waals surface area contributed by atoms with Crippen LogP contribution in [-0.2, 0) is 19.2 Å². The van der Waals surface area contributed by atoms with Gasteiger partial charge in [0.25, 0.3) is 0 Å². The minimum atomic E-state index is -2.39. The monoisotopic (exact) mass is 706 g/mol. The second kappa shape index (κ2) is 10.9. The zero-order valence-electron chi connectivity index (χ0n) is 20.7. The van der Waals surface area contributed by atoms with Crippen molar-refractivity contribution >= 4 is 105 Å². The number of amides is 4. The van der Waals surface area contributed by atoms with Crippen molar-refractivity contribution < 1.29 is 32.3 Å². The van der Waals surface area contributed by atoms with Crippen LogP contribution >= 0.6 is 81.2 Å². The van der Waals surface area contributed by atoms with Gasteiger partial charge in [-0.25, -0.2) is 13.2 Å². The fourth-order valence-electron chi connectivity index (χ4n) is 7.33. The van der Waals surface area contributed by atoms with Gasteiger partial charge in [0.15, 0.2) is 0 Å². The molecule has 2 saturated heterocycles. The molecule has 0 spiro atoms. The molecule has 3 saturated carbocycles. The van der Waals surface area contributed by atoms with Gasteiger partial charge in [0.1, 0.15) is 24.6 Å². The summed E-state index contributed by atoms with van der Waals surface area (Å²) in [7, 11) is 1.31. The number of nitrogens with zero attached hydrogens (tertiary/aromatic N) is 2. The molecule has 0 N–H and O–H groups in total. The van der Waals surface area contributed by atoms with Crippen LogP contribution in [0.3, 0.4) is 0 Å². The third-order valence-corrected chi connectivity index (χ3v) is 13.6. The van der Waals surface area contributed by atoms with Gasteiger partial charge in [0, 0.05) is 13.0 Å². The highest BCUT2D eigenvalue weighted by Gasteiger charge is 2.69. The number of rotatable bonds is 2. The molecule has 4 amide bonds. The molecule has 5 rings (SSSR count). The van der Waals surface area contributed by atoms with Crippen LogP contribution in [0.1, 0.15) is 6.92 Å². The molecule has 0 aromatic rings. The average Bonchev–Trinajstić information content (AvgIpc) is 3.30. The molecule has 2 heterocycles. The average molecular weight is 710 g/mol. The molecular weight excluding hydrogens is 685 g/mol. The van der Waals surface area contributed by atoms with E-state index in [0.717, 1.165) is 4.90 Å². The van der Waals surface area contributed by atoms with Crippen molar-refractivity contribution in [1.82, 2.24) is 9.80 Å². The van der Waals surface area contributed by atoms with Gasteiger partial charge >= 0.3 is 0 Å². The molecule has 0 bridgehead atoms. The van der Waals surface area contributed by atoms with Gasteiger partial charge in [-0.05, 0) is 11.8 Å². The van der Waals surface area contributed by atoms with Crippen LogP contribution in [0.2, 0.25) is 0 Å². The first-order valence-electron chi connectivity index (χ1n) is 12.7. The first kappa shape index (κ1) is 31.5. The lowest BCUT2D eigenvalue weighted by molar-refractivity contribution is -0.150. The quantitative estimate of drug-likeness (QED) is 0.316. The normalized spacial score (nSPS) is 55.1. The highest BCUT2D eigenvalue weighted by Crippen LogP contribution is 2.57. The molecule has 5 fully saturated rings. The van der Waals surface area contributed by atoms with Gasteiger partial charge in [-0.15, -0.1) is 81.2 Å². The maximum Gasteiger partial charge on any atom is 0.235 e. The zero-order valence-corrected chi connectivity index (χ0v) is 26.0. The number of likely N-dealkylation sites (tertiary alicyclic amines) is 2. The van der Waals surface area contributed by atoms with Crippen LogP contribution in [0.15, 0.2) is 0 Å². The van der Waals surface area contributed by atoms with E-state index in [4.69, 9.17) is 81.2 Å². The fraction of sp³-hybridized carbons (Fsp3) is 0.833. The van der Waals surface area contributed by atoms with Crippen molar-refractivity contribution in [2.75, 3.05) is 7.05 Å². The van der Waals surface area contributed by atoms with Gasteiger partial charge in [-0.3, -0.25) is 29.0 Å². The van der Waals surface area contributed by atoms with E-state index in [1.54, 1.807) is 0 Å². The molecule has 224 valence electrons. The third kappa shape index (κ3) is 4.17. The summed E-state index contributed by atoms with van der Waals surface area (Å²) >= 11 is 46.4. The standard InChI is InChI=1S/C24H24Cl7F3N2O4/c1-3-17(32)16(31)19(34)20(18(3)33)36-23(39)7-9(24(36)40)15(30)13(28)5(11(7)26)4-10(25)6-8(14(29)12(4)27)22(38)35(2)21(6)37/h3-20H,1-2H3. The Bertz CT molecular complexity index is 1110. The summed E-state index contributed by atoms with van der Waals surface area (Å²) in [4.78, 5) is 54.2. The van der Waals surface area contributed by atoms with E-state index in [1.807, 2.05) is 0 Å². The lowest BCUT2D eigenvalue weighted by Gasteiger charge is -2.50. The third-order valence-electron chi connectivity index (χ3n) is 9.51. The second-order valence-corrected chi connectivity index (χ2v) is 14.9. The smallest absolute Gasteiger partial charge is 0.235 e. The number of alkyl halides is 10. The number of fused-ring (bicyclic) bond motifs is 2. The molecule has 18 atom stereocenters. The molecule has 40 heavy (non-hydrogen) atoms. The van der Waals surface area contributed by atoms with Crippen LogP contribution in [0.5, 0.6) is 0 Å². The van der Waals surface area contributed by atoms with E-state index in [-0.39, 0.29) is 0 Å². The summed E-state index contributed by atoms with van der Waals surface area (Å²) in [6.45, 7) is 1.17. The SMILES string of the molecule is CC1C(F)C(Cl)C(F)C(N2C(=O)C3C(Cl)C(Cl)C(C4C(Cl)C(Cl)C5C(=O)N(C)C(=O)C5C4Cl)C(Cl)C3C2=O)C1F.